The summed E-state index contributed by atoms with van der Waals surface area (Å²) in [6.07, 6.45) is 9.01. The third-order valence-electron chi connectivity index (χ3n) is 5.52. The summed E-state index contributed by atoms with van der Waals surface area (Å²) in [5.41, 5.74) is 5.00. The number of benzene rings is 1. The van der Waals surface area contributed by atoms with Crippen LogP contribution in [0.4, 0.5) is 10.7 Å². The number of rotatable bonds is 5. The first kappa shape index (κ1) is 21.5. The Morgan fingerprint density at radius 2 is 2.03 bits per heavy atom. The summed E-state index contributed by atoms with van der Waals surface area (Å²) < 4.78 is 6.94. The van der Waals surface area contributed by atoms with Gasteiger partial charge in [-0.1, -0.05) is 30.7 Å². The largest absolute Gasteiger partial charge is 0.465 e. The molecule has 162 valence electrons. The third kappa shape index (κ3) is 4.97. The zero-order valence-corrected chi connectivity index (χ0v) is 19.4. The van der Waals surface area contributed by atoms with E-state index in [9.17, 15) is 4.79 Å². The summed E-state index contributed by atoms with van der Waals surface area (Å²) in [6, 6.07) is 8.27. The molecule has 0 bridgehead atoms. The molecule has 0 atom stereocenters. The van der Waals surface area contributed by atoms with Crippen molar-refractivity contribution in [3.8, 4) is 0 Å². The third-order valence-corrected chi connectivity index (χ3v) is 6.93. The van der Waals surface area contributed by atoms with Crippen LogP contribution in [0, 0.1) is 6.92 Å². The molecule has 0 unspecified atom stereocenters. The molecule has 1 aliphatic rings. The van der Waals surface area contributed by atoms with E-state index in [0.717, 1.165) is 41.9 Å². The first-order chi connectivity index (χ1) is 15.0. The van der Waals surface area contributed by atoms with Gasteiger partial charge in [0.1, 0.15) is 5.00 Å². The van der Waals surface area contributed by atoms with E-state index in [1.54, 1.807) is 17.5 Å². The minimum atomic E-state index is -0.309. The summed E-state index contributed by atoms with van der Waals surface area (Å²) >= 11 is 7.13. The second-order valence-electron chi connectivity index (χ2n) is 7.69. The number of aryl methyl sites for hydroxylation is 2. The molecule has 1 aliphatic carbocycles. The number of anilines is 2. The smallest absolute Gasteiger partial charge is 0.341 e. The number of hydrogen-bond donors (Lipinski definition) is 2. The minimum absolute atomic E-state index is 0.309. The maximum atomic E-state index is 12.5. The number of ether oxygens (including phenoxy) is 1. The molecule has 1 aromatic carbocycles. The van der Waals surface area contributed by atoms with E-state index in [1.807, 2.05) is 23.0 Å². The second-order valence-corrected chi connectivity index (χ2v) is 9.21. The number of nitrogens with zero attached hydrogens (tertiary/aromatic N) is 2. The Kier molecular flexibility index (Phi) is 6.67. The van der Waals surface area contributed by atoms with Crippen molar-refractivity contribution in [3.63, 3.8) is 0 Å². The fraction of sp³-hybridized carbons (Fsp3) is 0.348. The molecule has 4 rings (SSSR count). The Morgan fingerprint density at radius 1 is 1.23 bits per heavy atom. The number of hydrogen-bond acceptors (Lipinski definition) is 5. The molecule has 2 N–H and O–H groups in total. The van der Waals surface area contributed by atoms with Gasteiger partial charge < -0.3 is 15.4 Å². The lowest BCUT2D eigenvalue weighted by Crippen LogP contribution is -2.20. The Morgan fingerprint density at radius 3 is 2.84 bits per heavy atom. The highest BCUT2D eigenvalue weighted by Gasteiger charge is 2.25. The Labute approximate surface area is 191 Å². The zero-order valence-electron chi connectivity index (χ0n) is 17.7. The maximum absolute atomic E-state index is 12.5. The van der Waals surface area contributed by atoms with Gasteiger partial charge in [0, 0.05) is 11.1 Å². The van der Waals surface area contributed by atoms with Gasteiger partial charge in [0.15, 0.2) is 5.11 Å². The average Bonchev–Trinajstić information content (AvgIpc) is 3.25. The van der Waals surface area contributed by atoms with Crippen molar-refractivity contribution >= 4 is 45.3 Å². The number of fused-ring (bicyclic) bond motifs is 1. The first-order valence-electron chi connectivity index (χ1n) is 10.4. The van der Waals surface area contributed by atoms with E-state index in [2.05, 4.69) is 34.8 Å². The molecule has 31 heavy (non-hydrogen) atoms. The fourth-order valence-corrected chi connectivity index (χ4v) is 5.46. The summed E-state index contributed by atoms with van der Waals surface area (Å²) in [7, 11) is 1.42. The molecule has 8 heteroatoms. The molecule has 3 aromatic rings. The van der Waals surface area contributed by atoms with Gasteiger partial charge >= 0.3 is 5.97 Å². The lowest BCUT2D eigenvalue weighted by molar-refractivity contribution is 0.0601. The second kappa shape index (κ2) is 9.62. The van der Waals surface area contributed by atoms with Gasteiger partial charge in [-0.15, -0.1) is 11.3 Å². The van der Waals surface area contributed by atoms with Gasteiger partial charge in [0.2, 0.25) is 0 Å². The molecule has 0 saturated heterocycles. The van der Waals surface area contributed by atoms with Gasteiger partial charge in [-0.3, -0.25) is 4.68 Å². The van der Waals surface area contributed by atoms with Gasteiger partial charge in [-0.05, 0) is 61.5 Å². The molecule has 6 nitrogen and oxygen atoms in total. The highest BCUT2D eigenvalue weighted by molar-refractivity contribution is 7.80. The van der Waals surface area contributed by atoms with Crippen molar-refractivity contribution < 1.29 is 9.53 Å². The number of esters is 1. The predicted molar refractivity (Wildman–Crippen MR) is 129 cm³/mol. The van der Waals surface area contributed by atoms with Crippen molar-refractivity contribution in [2.24, 2.45) is 0 Å². The van der Waals surface area contributed by atoms with Crippen LogP contribution in [0.3, 0.4) is 0 Å². The first-order valence-corrected chi connectivity index (χ1v) is 11.7. The van der Waals surface area contributed by atoms with Gasteiger partial charge in [0.25, 0.3) is 0 Å². The van der Waals surface area contributed by atoms with E-state index in [0.29, 0.717) is 17.2 Å². The molecule has 2 aromatic heterocycles. The van der Waals surface area contributed by atoms with Crippen molar-refractivity contribution in [3.05, 3.63) is 63.8 Å². The van der Waals surface area contributed by atoms with Crippen LogP contribution in [0.2, 0.25) is 0 Å². The van der Waals surface area contributed by atoms with Crippen LogP contribution in [-0.2, 0) is 24.1 Å². The normalized spacial score (nSPS) is 13.2. The summed E-state index contributed by atoms with van der Waals surface area (Å²) in [5, 5.41) is 12.0. The van der Waals surface area contributed by atoms with E-state index in [-0.39, 0.29) is 5.97 Å². The predicted octanol–water partition coefficient (Wildman–Crippen LogP) is 5.17. The topological polar surface area (TPSA) is 68.2 Å². The van der Waals surface area contributed by atoms with Crippen LogP contribution in [0.5, 0.6) is 0 Å². The number of methoxy groups -OCH3 is 1. The van der Waals surface area contributed by atoms with Crippen LogP contribution in [0.15, 0.2) is 36.7 Å². The molecule has 0 aliphatic heterocycles. The molecule has 0 saturated carbocycles. The Balaban J connectivity index is 1.46. The van der Waals surface area contributed by atoms with Crippen LogP contribution in [0.1, 0.15) is 51.2 Å². The molecule has 0 spiro atoms. The molecular formula is C23H26N4O2S2. The minimum Gasteiger partial charge on any atom is -0.465 e. The number of thiophene rings is 1. The number of nitrogens with one attached hydrogen (secondary N) is 2. The van der Waals surface area contributed by atoms with Gasteiger partial charge in [-0.25, -0.2) is 4.79 Å². The zero-order chi connectivity index (χ0) is 21.8. The summed E-state index contributed by atoms with van der Waals surface area (Å²) in [4.78, 5) is 13.7. The highest BCUT2D eigenvalue weighted by atomic mass is 32.1. The average molecular weight is 455 g/mol. The fourth-order valence-electron chi connectivity index (χ4n) is 3.89. The Bertz CT molecular complexity index is 1100. The van der Waals surface area contributed by atoms with Crippen molar-refractivity contribution in [1.29, 1.82) is 0 Å². The number of carbonyl (C=O) groups excluding carboxylic acids is 1. The summed E-state index contributed by atoms with van der Waals surface area (Å²) in [6.45, 7) is 2.79. The SMILES string of the molecule is COC(=O)c1c(NC(=S)Nc2cnn(Cc3ccccc3C)c2)sc2c1CCCCC2. The standard InChI is InChI=1S/C23H26N4O2S2/c1-15-8-6-7-9-16(15)13-27-14-17(12-24-27)25-23(30)26-21-20(22(28)29-2)18-10-4-3-5-11-19(18)31-21/h6-9,12,14H,3-5,10-11,13H2,1-2H3,(H2,25,26,30). The number of aromatic nitrogens is 2. The number of carbonyl (C=O) groups is 1. The van der Waals surface area contributed by atoms with Crippen molar-refractivity contribution in [2.45, 2.75) is 45.6 Å². The monoisotopic (exact) mass is 454 g/mol. The van der Waals surface area contributed by atoms with Crippen molar-refractivity contribution in [1.82, 2.24) is 9.78 Å². The molecule has 0 fully saturated rings. The van der Waals surface area contributed by atoms with Gasteiger partial charge in [-0.2, -0.15) is 5.10 Å². The molecular weight excluding hydrogens is 428 g/mol. The van der Waals surface area contributed by atoms with Crippen molar-refractivity contribution in [2.75, 3.05) is 17.7 Å². The van der Waals surface area contributed by atoms with Gasteiger partial charge in [0.05, 0.1) is 31.1 Å². The molecule has 0 radical (unpaired) electrons. The quantitative estimate of drug-likeness (QED) is 0.315. The van der Waals surface area contributed by atoms with Crippen LogP contribution >= 0.6 is 23.6 Å². The molecule has 0 amide bonds. The number of thiocarbonyl (C=S) groups is 1. The van der Waals surface area contributed by atoms with Crippen LogP contribution < -0.4 is 10.6 Å². The van der Waals surface area contributed by atoms with Crippen LogP contribution in [0.25, 0.3) is 0 Å². The maximum Gasteiger partial charge on any atom is 0.341 e. The Hall–Kier alpha value is -2.71. The van der Waals surface area contributed by atoms with E-state index >= 15 is 0 Å². The van der Waals surface area contributed by atoms with Crippen LogP contribution in [-0.4, -0.2) is 28.0 Å². The van der Waals surface area contributed by atoms with E-state index in [4.69, 9.17) is 17.0 Å². The summed E-state index contributed by atoms with van der Waals surface area (Å²) in [5.74, 6) is -0.309. The lowest BCUT2D eigenvalue weighted by Gasteiger charge is -2.10. The van der Waals surface area contributed by atoms with E-state index < -0.39 is 0 Å². The highest BCUT2D eigenvalue weighted by Crippen LogP contribution is 2.38. The molecule has 2 heterocycles. The van der Waals surface area contributed by atoms with E-state index in [1.165, 1.54) is 29.5 Å². The lowest BCUT2D eigenvalue weighted by atomic mass is 10.1.